The lowest BCUT2D eigenvalue weighted by molar-refractivity contribution is -0.384. The van der Waals surface area contributed by atoms with Crippen molar-refractivity contribution in [3.63, 3.8) is 0 Å². The summed E-state index contributed by atoms with van der Waals surface area (Å²) >= 11 is 1.52. The van der Waals surface area contributed by atoms with Crippen LogP contribution in [0.25, 0.3) is 0 Å². The fraction of sp³-hybridized carbons (Fsp3) is 0.222. The molecule has 0 fully saturated rings. The molecule has 2 aromatic rings. The molecule has 0 unspecified atom stereocenters. The van der Waals surface area contributed by atoms with Gasteiger partial charge < -0.3 is 4.74 Å². The number of nitro benzene ring substituents is 1. The van der Waals surface area contributed by atoms with Crippen LogP contribution in [-0.4, -0.2) is 29.0 Å². The van der Waals surface area contributed by atoms with Gasteiger partial charge >= 0.3 is 5.97 Å². The van der Waals surface area contributed by atoms with Crippen molar-refractivity contribution in [1.82, 2.24) is 0 Å². The molecule has 0 aliphatic carbocycles. The molecule has 130 valence electrons. The van der Waals surface area contributed by atoms with Crippen molar-refractivity contribution in [2.75, 3.05) is 12.4 Å². The van der Waals surface area contributed by atoms with Gasteiger partial charge in [0.05, 0.1) is 11.3 Å². The summed E-state index contributed by atoms with van der Waals surface area (Å²) in [6, 6.07) is 15.0. The number of ether oxygens (including phenoxy) is 1. The van der Waals surface area contributed by atoms with Crippen molar-refractivity contribution in [2.24, 2.45) is 0 Å². The lowest BCUT2D eigenvalue weighted by Crippen LogP contribution is -2.14. The molecule has 6 nitrogen and oxygen atoms in total. The van der Waals surface area contributed by atoms with E-state index in [9.17, 15) is 19.7 Å². The summed E-state index contributed by atoms with van der Waals surface area (Å²) in [4.78, 5) is 33.6. The van der Waals surface area contributed by atoms with E-state index in [0.29, 0.717) is 17.1 Å². The summed E-state index contributed by atoms with van der Waals surface area (Å²) in [5, 5.41) is 10.6. The first-order valence-electron chi connectivity index (χ1n) is 7.61. The molecule has 0 radical (unpaired) electrons. The predicted molar refractivity (Wildman–Crippen MR) is 95.6 cm³/mol. The number of hydrogen-bond donors (Lipinski definition) is 0. The van der Waals surface area contributed by atoms with Crippen molar-refractivity contribution in [3.8, 4) is 0 Å². The number of esters is 1. The number of Topliss-reactive ketones (excluding diaryl/α,β-unsaturated/α-hetero) is 1. The van der Waals surface area contributed by atoms with Gasteiger partial charge in [0, 0.05) is 29.2 Å². The van der Waals surface area contributed by atoms with Gasteiger partial charge in [-0.2, -0.15) is 11.8 Å². The Bertz CT molecular complexity index is 731. The summed E-state index contributed by atoms with van der Waals surface area (Å²) in [6.07, 6.45) is 0.208. The Labute approximate surface area is 149 Å². The van der Waals surface area contributed by atoms with Gasteiger partial charge in [-0.3, -0.25) is 19.7 Å². The highest BCUT2D eigenvalue weighted by Gasteiger charge is 2.09. The average Bonchev–Trinajstić information content (AvgIpc) is 2.64. The monoisotopic (exact) mass is 359 g/mol. The summed E-state index contributed by atoms with van der Waals surface area (Å²) in [5.74, 6) is 0.553. The van der Waals surface area contributed by atoms with Gasteiger partial charge in [-0.05, 0) is 5.56 Å². The Hall–Kier alpha value is -2.67. The number of ketones is 1. The summed E-state index contributed by atoms with van der Waals surface area (Å²) in [5.41, 5.74) is 1.52. The SMILES string of the molecule is O=C(CCSCc1ccc([N+](=O)[O-])cc1)OCC(=O)c1ccccc1. The molecule has 0 aromatic heterocycles. The first-order chi connectivity index (χ1) is 12.1. The second-order valence-corrected chi connectivity index (χ2v) is 6.28. The van der Waals surface area contributed by atoms with E-state index in [-0.39, 0.29) is 24.5 Å². The van der Waals surface area contributed by atoms with E-state index in [4.69, 9.17) is 4.74 Å². The standard InChI is InChI=1S/C18H17NO5S/c20-17(15-4-2-1-3-5-15)12-24-18(21)10-11-25-13-14-6-8-16(9-7-14)19(22)23/h1-9H,10-13H2. The third kappa shape index (κ3) is 6.39. The summed E-state index contributed by atoms with van der Waals surface area (Å²) < 4.78 is 4.98. The number of nitro groups is 1. The van der Waals surface area contributed by atoms with E-state index in [0.717, 1.165) is 5.56 Å². The fourth-order valence-corrected chi connectivity index (χ4v) is 2.87. The van der Waals surface area contributed by atoms with Crippen LogP contribution in [0.15, 0.2) is 54.6 Å². The Morgan fingerprint density at radius 2 is 1.72 bits per heavy atom. The zero-order valence-electron chi connectivity index (χ0n) is 13.4. The van der Waals surface area contributed by atoms with Crippen molar-refractivity contribution in [1.29, 1.82) is 0 Å². The number of nitrogens with zero attached hydrogens (tertiary/aromatic N) is 1. The zero-order chi connectivity index (χ0) is 18.1. The molecule has 25 heavy (non-hydrogen) atoms. The molecule has 0 aliphatic rings. The molecule has 7 heteroatoms. The van der Waals surface area contributed by atoms with E-state index in [1.165, 1.54) is 23.9 Å². The zero-order valence-corrected chi connectivity index (χ0v) is 14.2. The Balaban J connectivity index is 1.63. The smallest absolute Gasteiger partial charge is 0.307 e. The van der Waals surface area contributed by atoms with Crippen molar-refractivity contribution in [2.45, 2.75) is 12.2 Å². The Morgan fingerprint density at radius 3 is 2.36 bits per heavy atom. The second-order valence-electron chi connectivity index (χ2n) is 5.18. The molecule has 0 N–H and O–H groups in total. The molecule has 0 aliphatic heterocycles. The quantitative estimate of drug-likeness (QED) is 0.223. The minimum Gasteiger partial charge on any atom is -0.457 e. The topological polar surface area (TPSA) is 86.5 Å². The molecule has 0 heterocycles. The molecule has 0 bridgehead atoms. The van der Waals surface area contributed by atoms with Crippen LogP contribution in [0.5, 0.6) is 0 Å². The third-order valence-electron chi connectivity index (χ3n) is 3.33. The Kier molecular flexibility index (Phi) is 7.16. The summed E-state index contributed by atoms with van der Waals surface area (Å²) in [6.45, 7) is -0.254. The molecule has 0 saturated heterocycles. The highest BCUT2D eigenvalue weighted by molar-refractivity contribution is 7.98. The van der Waals surface area contributed by atoms with Gasteiger partial charge in [0.2, 0.25) is 0 Å². The summed E-state index contributed by atoms with van der Waals surface area (Å²) in [7, 11) is 0. The highest BCUT2D eigenvalue weighted by Crippen LogP contribution is 2.17. The van der Waals surface area contributed by atoms with Crippen LogP contribution in [0.1, 0.15) is 22.3 Å². The Morgan fingerprint density at radius 1 is 1.04 bits per heavy atom. The van der Waals surface area contributed by atoms with Crippen LogP contribution in [-0.2, 0) is 15.3 Å². The fourth-order valence-electron chi connectivity index (χ4n) is 1.98. The van der Waals surface area contributed by atoms with Crippen LogP contribution in [0.3, 0.4) is 0 Å². The van der Waals surface area contributed by atoms with Crippen LogP contribution < -0.4 is 0 Å². The van der Waals surface area contributed by atoms with Crippen molar-refractivity contribution < 1.29 is 19.2 Å². The molecule has 2 aromatic carbocycles. The van der Waals surface area contributed by atoms with Crippen molar-refractivity contribution in [3.05, 3.63) is 75.8 Å². The van der Waals surface area contributed by atoms with Gasteiger partial charge in [-0.25, -0.2) is 0 Å². The molecule has 2 rings (SSSR count). The number of thioether (sulfide) groups is 1. The van der Waals surface area contributed by atoms with Crippen LogP contribution in [0.2, 0.25) is 0 Å². The maximum absolute atomic E-state index is 11.8. The normalized spacial score (nSPS) is 10.2. The van der Waals surface area contributed by atoms with Gasteiger partial charge in [-0.15, -0.1) is 0 Å². The predicted octanol–water partition coefficient (Wildman–Crippen LogP) is 3.64. The first kappa shape index (κ1) is 18.7. The van der Waals surface area contributed by atoms with Gasteiger partial charge in [0.25, 0.3) is 5.69 Å². The number of carbonyl (C=O) groups excluding carboxylic acids is 2. The molecular weight excluding hydrogens is 342 g/mol. The van der Waals surface area contributed by atoms with E-state index in [1.54, 1.807) is 36.4 Å². The molecule has 0 spiro atoms. The van der Waals surface area contributed by atoms with Crippen LogP contribution >= 0.6 is 11.8 Å². The minimum atomic E-state index is -0.441. The second kappa shape index (κ2) is 9.58. The minimum absolute atomic E-state index is 0.0559. The van der Waals surface area contributed by atoms with E-state index in [1.807, 2.05) is 6.07 Å². The number of hydrogen-bond acceptors (Lipinski definition) is 6. The number of carbonyl (C=O) groups is 2. The lowest BCUT2D eigenvalue weighted by atomic mass is 10.1. The molecular formula is C18H17NO5S. The van der Waals surface area contributed by atoms with E-state index >= 15 is 0 Å². The lowest BCUT2D eigenvalue weighted by Gasteiger charge is -2.05. The number of rotatable bonds is 9. The third-order valence-corrected chi connectivity index (χ3v) is 4.36. The maximum Gasteiger partial charge on any atom is 0.307 e. The van der Waals surface area contributed by atoms with Gasteiger partial charge in [0.15, 0.2) is 12.4 Å². The van der Waals surface area contributed by atoms with Crippen molar-refractivity contribution >= 4 is 29.2 Å². The van der Waals surface area contributed by atoms with E-state index < -0.39 is 10.9 Å². The van der Waals surface area contributed by atoms with E-state index in [2.05, 4.69) is 0 Å². The molecule has 0 saturated carbocycles. The first-order valence-corrected chi connectivity index (χ1v) is 8.76. The average molecular weight is 359 g/mol. The molecule has 0 atom stereocenters. The van der Waals surface area contributed by atoms with Crippen LogP contribution in [0.4, 0.5) is 5.69 Å². The van der Waals surface area contributed by atoms with Gasteiger partial charge in [-0.1, -0.05) is 42.5 Å². The van der Waals surface area contributed by atoms with Gasteiger partial charge in [0.1, 0.15) is 0 Å². The number of benzene rings is 2. The van der Waals surface area contributed by atoms with Crippen LogP contribution in [0, 0.1) is 10.1 Å². The number of non-ortho nitro benzene ring substituents is 1. The maximum atomic E-state index is 11.8. The largest absolute Gasteiger partial charge is 0.457 e. The highest BCUT2D eigenvalue weighted by atomic mass is 32.2. The molecule has 0 amide bonds.